The van der Waals surface area contributed by atoms with Gasteiger partial charge >= 0.3 is 0 Å². The van der Waals surface area contributed by atoms with Crippen molar-refractivity contribution >= 4 is 17.5 Å². The molecular weight excluding hydrogens is 228 g/mol. The van der Waals surface area contributed by atoms with Crippen LogP contribution in [-0.4, -0.2) is 22.4 Å². The summed E-state index contributed by atoms with van der Waals surface area (Å²) in [4.78, 5) is 18.9. The van der Waals surface area contributed by atoms with E-state index >= 15 is 0 Å². The summed E-state index contributed by atoms with van der Waals surface area (Å²) in [5, 5.41) is 6.06. The molecule has 0 bridgehead atoms. The molecule has 18 heavy (non-hydrogen) atoms. The van der Waals surface area contributed by atoms with Crippen molar-refractivity contribution in [3.63, 3.8) is 0 Å². The molecule has 1 aliphatic rings. The lowest BCUT2D eigenvalue weighted by atomic mass is 9.93. The zero-order chi connectivity index (χ0) is 12.4. The second kappa shape index (κ2) is 4.52. The van der Waals surface area contributed by atoms with Crippen molar-refractivity contribution in [3.8, 4) is 0 Å². The summed E-state index contributed by atoms with van der Waals surface area (Å²) in [6, 6.07) is 8.08. The summed E-state index contributed by atoms with van der Waals surface area (Å²) >= 11 is 0. The molecule has 0 fully saturated rings. The number of nitrogens with zero attached hydrogens (tertiary/aromatic N) is 1. The zero-order valence-corrected chi connectivity index (χ0v) is 9.81. The predicted octanol–water partition coefficient (Wildman–Crippen LogP) is 1.63. The Labute approximate surface area is 105 Å². The van der Waals surface area contributed by atoms with E-state index in [0.717, 1.165) is 12.1 Å². The fourth-order valence-corrected chi connectivity index (χ4v) is 2.18. The fourth-order valence-electron chi connectivity index (χ4n) is 2.18. The van der Waals surface area contributed by atoms with E-state index in [1.807, 2.05) is 18.2 Å². The summed E-state index contributed by atoms with van der Waals surface area (Å²) in [5.74, 6) is 0.427. The monoisotopic (exact) mass is 242 g/mol. The van der Waals surface area contributed by atoms with Crippen LogP contribution in [0.25, 0.3) is 0 Å². The fraction of sp³-hybridized carbons (Fsp3) is 0.231. The molecule has 1 unspecified atom stereocenters. The van der Waals surface area contributed by atoms with Gasteiger partial charge in [0.2, 0.25) is 11.9 Å². The Balaban J connectivity index is 1.70. The van der Waals surface area contributed by atoms with Crippen LogP contribution in [0.3, 0.4) is 0 Å². The van der Waals surface area contributed by atoms with Crippen molar-refractivity contribution in [3.05, 3.63) is 42.2 Å². The molecule has 3 rings (SSSR count). The minimum absolute atomic E-state index is 0.00745. The normalized spacial score (nSPS) is 17.7. The lowest BCUT2D eigenvalue weighted by Gasteiger charge is -2.24. The second-order valence-electron chi connectivity index (χ2n) is 4.37. The molecule has 1 aromatic carbocycles. The molecule has 92 valence electrons. The number of H-pyrrole nitrogens is 1. The molecule has 0 radical (unpaired) electrons. The molecule has 0 aliphatic carbocycles. The Kier molecular flexibility index (Phi) is 2.72. The number of aromatic amines is 1. The van der Waals surface area contributed by atoms with Gasteiger partial charge in [-0.25, -0.2) is 4.98 Å². The molecule has 2 aromatic rings. The van der Waals surface area contributed by atoms with Crippen LogP contribution in [0.1, 0.15) is 5.56 Å². The Morgan fingerprint density at radius 3 is 3.11 bits per heavy atom. The van der Waals surface area contributed by atoms with Crippen molar-refractivity contribution in [2.75, 3.05) is 17.2 Å². The van der Waals surface area contributed by atoms with Gasteiger partial charge in [0.05, 0.1) is 5.92 Å². The van der Waals surface area contributed by atoms with Crippen molar-refractivity contribution in [1.29, 1.82) is 0 Å². The molecule has 1 aliphatic heterocycles. The van der Waals surface area contributed by atoms with Crippen molar-refractivity contribution in [2.45, 2.75) is 6.42 Å². The minimum atomic E-state index is -0.0648. The van der Waals surface area contributed by atoms with E-state index in [1.165, 1.54) is 5.56 Å². The van der Waals surface area contributed by atoms with E-state index in [2.05, 4.69) is 26.7 Å². The number of hydrogen-bond donors (Lipinski definition) is 3. The van der Waals surface area contributed by atoms with Gasteiger partial charge in [0.25, 0.3) is 0 Å². The molecule has 1 aromatic heterocycles. The standard InChI is InChI=1S/C13H14N4O/c18-12(17-13-14-5-6-15-13)10-7-9-3-1-2-4-11(9)16-8-10/h1-6,10,16H,7-8H2,(H2,14,15,17,18). The van der Waals surface area contributed by atoms with Crippen LogP contribution in [0.5, 0.6) is 0 Å². The number of fused-ring (bicyclic) bond motifs is 1. The van der Waals surface area contributed by atoms with Crippen LogP contribution < -0.4 is 10.6 Å². The first kappa shape index (κ1) is 10.8. The third-order valence-electron chi connectivity index (χ3n) is 3.13. The SMILES string of the molecule is O=C(Nc1ncc[nH]1)C1CNc2ccccc2C1. The number of rotatable bonds is 2. The number of amides is 1. The number of para-hydroxylation sites is 1. The maximum atomic E-state index is 12.1. The van der Waals surface area contributed by atoms with Crippen LogP contribution in [-0.2, 0) is 11.2 Å². The van der Waals surface area contributed by atoms with E-state index in [1.54, 1.807) is 12.4 Å². The van der Waals surface area contributed by atoms with Gasteiger partial charge in [0.1, 0.15) is 0 Å². The molecule has 1 amide bonds. The Hall–Kier alpha value is -2.30. The number of nitrogens with one attached hydrogen (secondary N) is 3. The van der Waals surface area contributed by atoms with Gasteiger partial charge in [-0.3, -0.25) is 10.1 Å². The van der Waals surface area contributed by atoms with Crippen molar-refractivity contribution in [2.24, 2.45) is 5.92 Å². The first-order chi connectivity index (χ1) is 8.83. The lowest BCUT2D eigenvalue weighted by Crippen LogP contribution is -2.34. The Morgan fingerprint density at radius 2 is 2.28 bits per heavy atom. The highest BCUT2D eigenvalue weighted by atomic mass is 16.2. The summed E-state index contributed by atoms with van der Waals surface area (Å²) in [7, 11) is 0. The summed E-state index contributed by atoms with van der Waals surface area (Å²) in [5.41, 5.74) is 2.31. The van der Waals surface area contributed by atoms with Crippen LogP contribution in [0.2, 0.25) is 0 Å². The number of carbonyl (C=O) groups excluding carboxylic acids is 1. The number of aromatic nitrogens is 2. The number of hydrogen-bond acceptors (Lipinski definition) is 3. The quantitative estimate of drug-likeness (QED) is 0.749. The first-order valence-electron chi connectivity index (χ1n) is 5.95. The van der Waals surface area contributed by atoms with Gasteiger partial charge in [0.15, 0.2) is 0 Å². The summed E-state index contributed by atoms with van der Waals surface area (Å²) in [6.07, 6.45) is 4.06. The summed E-state index contributed by atoms with van der Waals surface area (Å²) < 4.78 is 0. The largest absolute Gasteiger partial charge is 0.384 e. The molecule has 2 heterocycles. The third-order valence-corrected chi connectivity index (χ3v) is 3.13. The van der Waals surface area contributed by atoms with Crippen LogP contribution in [0.4, 0.5) is 11.6 Å². The van der Waals surface area contributed by atoms with Gasteiger partial charge in [-0.2, -0.15) is 0 Å². The van der Waals surface area contributed by atoms with Gasteiger partial charge in [-0.15, -0.1) is 0 Å². The smallest absolute Gasteiger partial charge is 0.231 e. The van der Waals surface area contributed by atoms with E-state index in [0.29, 0.717) is 12.5 Å². The maximum Gasteiger partial charge on any atom is 0.231 e. The highest BCUT2D eigenvalue weighted by molar-refractivity contribution is 5.92. The predicted molar refractivity (Wildman–Crippen MR) is 69.3 cm³/mol. The van der Waals surface area contributed by atoms with Crippen molar-refractivity contribution in [1.82, 2.24) is 9.97 Å². The molecule has 0 saturated heterocycles. The number of benzene rings is 1. The lowest BCUT2D eigenvalue weighted by molar-refractivity contribution is -0.119. The molecular formula is C13H14N4O. The highest BCUT2D eigenvalue weighted by Gasteiger charge is 2.24. The Bertz CT molecular complexity index is 550. The molecule has 0 saturated carbocycles. The maximum absolute atomic E-state index is 12.1. The average molecular weight is 242 g/mol. The van der Waals surface area contributed by atoms with E-state index in [9.17, 15) is 4.79 Å². The zero-order valence-electron chi connectivity index (χ0n) is 9.81. The van der Waals surface area contributed by atoms with E-state index < -0.39 is 0 Å². The van der Waals surface area contributed by atoms with E-state index in [-0.39, 0.29) is 11.8 Å². The highest BCUT2D eigenvalue weighted by Crippen LogP contribution is 2.24. The molecule has 5 heteroatoms. The van der Waals surface area contributed by atoms with Gasteiger partial charge < -0.3 is 10.3 Å². The molecule has 3 N–H and O–H groups in total. The van der Waals surface area contributed by atoms with Crippen LogP contribution >= 0.6 is 0 Å². The van der Waals surface area contributed by atoms with Gasteiger partial charge in [-0.1, -0.05) is 18.2 Å². The number of imidazole rings is 1. The molecule has 0 spiro atoms. The Morgan fingerprint density at radius 1 is 1.39 bits per heavy atom. The summed E-state index contributed by atoms with van der Waals surface area (Å²) in [6.45, 7) is 0.656. The minimum Gasteiger partial charge on any atom is -0.384 e. The number of anilines is 2. The second-order valence-corrected chi connectivity index (χ2v) is 4.37. The first-order valence-corrected chi connectivity index (χ1v) is 5.95. The third kappa shape index (κ3) is 2.07. The van der Waals surface area contributed by atoms with E-state index in [4.69, 9.17) is 0 Å². The number of carbonyl (C=O) groups is 1. The average Bonchev–Trinajstić information content (AvgIpc) is 2.91. The molecule has 5 nitrogen and oxygen atoms in total. The van der Waals surface area contributed by atoms with Crippen LogP contribution in [0.15, 0.2) is 36.7 Å². The topological polar surface area (TPSA) is 69.8 Å². The van der Waals surface area contributed by atoms with Gasteiger partial charge in [-0.05, 0) is 18.1 Å². The van der Waals surface area contributed by atoms with Crippen LogP contribution in [0, 0.1) is 5.92 Å². The van der Waals surface area contributed by atoms with Gasteiger partial charge in [0, 0.05) is 24.6 Å². The molecule has 1 atom stereocenters. The van der Waals surface area contributed by atoms with Crippen molar-refractivity contribution < 1.29 is 4.79 Å².